The molecule has 0 spiro atoms. The number of carbonyl (C=O) groups is 1. The Morgan fingerprint density at radius 2 is 1.74 bits per heavy atom. The number of nitrogens with zero attached hydrogens (tertiary/aromatic N) is 1. The monoisotopic (exact) mass is 340 g/mol. The second-order valence-electron chi connectivity index (χ2n) is 5.80. The molecule has 1 unspecified atom stereocenters. The molecule has 0 aliphatic heterocycles. The predicted molar refractivity (Wildman–Crippen MR) is 94.1 cm³/mol. The van der Waals surface area contributed by atoms with E-state index in [9.17, 15) is 13.2 Å². The Kier molecular flexibility index (Phi) is 6.77. The molecule has 1 N–H and O–H groups in total. The first-order chi connectivity index (χ1) is 10.7. The molecule has 0 heterocycles. The molecule has 0 aromatic heterocycles. The number of rotatable bonds is 7. The van der Waals surface area contributed by atoms with E-state index < -0.39 is 10.0 Å². The maximum atomic E-state index is 12.7. The molecule has 6 heteroatoms. The van der Waals surface area contributed by atoms with Gasteiger partial charge < -0.3 is 5.32 Å². The first-order valence-electron chi connectivity index (χ1n) is 8.11. The van der Waals surface area contributed by atoms with Crippen molar-refractivity contribution in [1.82, 2.24) is 4.31 Å². The Morgan fingerprint density at radius 1 is 1.17 bits per heavy atom. The van der Waals surface area contributed by atoms with E-state index in [1.54, 1.807) is 12.1 Å². The summed E-state index contributed by atoms with van der Waals surface area (Å²) >= 11 is 0. The summed E-state index contributed by atoms with van der Waals surface area (Å²) in [6, 6.07) is 3.23. The van der Waals surface area contributed by atoms with Crippen LogP contribution in [0.2, 0.25) is 0 Å². The second kappa shape index (κ2) is 7.93. The highest BCUT2D eigenvalue weighted by Crippen LogP contribution is 2.26. The van der Waals surface area contributed by atoms with Gasteiger partial charge in [-0.1, -0.05) is 27.7 Å². The van der Waals surface area contributed by atoms with Crippen molar-refractivity contribution in [2.75, 3.05) is 18.4 Å². The first-order valence-corrected chi connectivity index (χ1v) is 9.55. The van der Waals surface area contributed by atoms with Gasteiger partial charge in [-0.05, 0) is 43.5 Å². The standard InChI is InChI=1S/C17H28N2O3S/c1-7-12(4)17(20)18-16-11-15(10-13(5)14(16)6)23(21,22)19(8-2)9-3/h10-12H,7-9H2,1-6H3,(H,18,20). The van der Waals surface area contributed by atoms with Gasteiger partial charge in [0, 0.05) is 24.7 Å². The fourth-order valence-corrected chi connectivity index (χ4v) is 3.83. The molecule has 1 aromatic carbocycles. The van der Waals surface area contributed by atoms with Gasteiger partial charge in [0.1, 0.15) is 0 Å². The minimum atomic E-state index is -3.54. The fourth-order valence-electron chi connectivity index (χ4n) is 2.26. The summed E-state index contributed by atoms with van der Waals surface area (Å²) in [5.74, 6) is -0.204. The predicted octanol–water partition coefficient (Wildman–Crippen LogP) is 3.32. The van der Waals surface area contributed by atoms with E-state index in [-0.39, 0.29) is 16.7 Å². The van der Waals surface area contributed by atoms with Crippen molar-refractivity contribution >= 4 is 21.6 Å². The van der Waals surface area contributed by atoms with Crippen LogP contribution in [0.1, 0.15) is 45.2 Å². The van der Waals surface area contributed by atoms with Crippen LogP contribution in [0.4, 0.5) is 5.69 Å². The van der Waals surface area contributed by atoms with Crippen LogP contribution in [0, 0.1) is 19.8 Å². The number of sulfonamides is 1. The van der Waals surface area contributed by atoms with Gasteiger partial charge in [0.05, 0.1) is 4.90 Å². The largest absolute Gasteiger partial charge is 0.326 e. The van der Waals surface area contributed by atoms with Crippen LogP contribution >= 0.6 is 0 Å². The van der Waals surface area contributed by atoms with E-state index in [4.69, 9.17) is 0 Å². The van der Waals surface area contributed by atoms with Crippen molar-refractivity contribution in [3.8, 4) is 0 Å². The molecule has 0 aliphatic rings. The highest BCUT2D eigenvalue weighted by molar-refractivity contribution is 7.89. The molecule has 0 fully saturated rings. The molecule has 0 bridgehead atoms. The summed E-state index contributed by atoms with van der Waals surface area (Å²) < 4.78 is 26.8. The van der Waals surface area contributed by atoms with E-state index >= 15 is 0 Å². The van der Waals surface area contributed by atoms with Crippen molar-refractivity contribution < 1.29 is 13.2 Å². The number of nitrogens with one attached hydrogen (secondary N) is 1. The summed E-state index contributed by atoms with van der Waals surface area (Å²) in [5, 5.41) is 2.87. The second-order valence-corrected chi connectivity index (χ2v) is 7.74. The number of benzene rings is 1. The van der Waals surface area contributed by atoms with Gasteiger partial charge in [-0.2, -0.15) is 4.31 Å². The van der Waals surface area contributed by atoms with Gasteiger partial charge in [-0.25, -0.2) is 8.42 Å². The highest BCUT2D eigenvalue weighted by atomic mass is 32.2. The Hall–Kier alpha value is -1.40. The maximum Gasteiger partial charge on any atom is 0.243 e. The molecular weight excluding hydrogens is 312 g/mol. The average Bonchev–Trinajstić information content (AvgIpc) is 2.51. The number of anilines is 1. The van der Waals surface area contributed by atoms with Crippen LogP contribution in [0.15, 0.2) is 17.0 Å². The van der Waals surface area contributed by atoms with Gasteiger partial charge in [0.2, 0.25) is 15.9 Å². The van der Waals surface area contributed by atoms with E-state index in [2.05, 4.69) is 5.32 Å². The number of carbonyl (C=O) groups excluding carboxylic acids is 1. The average molecular weight is 340 g/mol. The Morgan fingerprint density at radius 3 is 2.22 bits per heavy atom. The van der Waals surface area contributed by atoms with Crippen LogP contribution in [0.25, 0.3) is 0 Å². The van der Waals surface area contributed by atoms with Crippen molar-refractivity contribution in [3.63, 3.8) is 0 Å². The van der Waals surface area contributed by atoms with Gasteiger partial charge in [-0.3, -0.25) is 4.79 Å². The Bertz CT molecular complexity index is 665. The Balaban J connectivity index is 3.31. The molecule has 0 saturated heterocycles. The third-order valence-corrected chi connectivity index (χ3v) is 6.33. The summed E-state index contributed by atoms with van der Waals surface area (Å²) in [5.41, 5.74) is 2.30. The van der Waals surface area contributed by atoms with Crippen LogP contribution in [0.3, 0.4) is 0 Å². The Labute approximate surface area is 140 Å². The number of hydrogen-bond donors (Lipinski definition) is 1. The molecule has 23 heavy (non-hydrogen) atoms. The third-order valence-electron chi connectivity index (χ3n) is 4.30. The zero-order valence-electron chi connectivity index (χ0n) is 14.9. The third kappa shape index (κ3) is 4.32. The first kappa shape index (κ1) is 19.6. The van der Waals surface area contributed by atoms with Crippen LogP contribution in [-0.4, -0.2) is 31.7 Å². The van der Waals surface area contributed by atoms with Gasteiger partial charge >= 0.3 is 0 Å². The fraction of sp³-hybridized carbons (Fsp3) is 0.588. The summed E-state index contributed by atoms with van der Waals surface area (Å²) in [6.45, 7) is 12.0. The number of hydrogen-bond acceptors (Lipinski definition) is 3. The molecule has 1 rings (SSSR count). The molecule has 1 amide bonds. The lowest BCUT2D eigenvalue weighted by Gasteiger charge is -2.21. The van der Waals surface area contributed by atoms with Crippen molar-refractivity contribution in [2.45, 2.75) is 52.9 Å². The van der Waals surface area contributed by atoms with E-state index in [0.717, 1.165) is 17.5 Å². The molecule has 130 valence electrons. The lowest BCUT2D eigenvalue weighted by molar-refractivity contribution is -0.119. The summed E-state index contributed by atoms with van der Waals surface area (Å²) in [4.78, 5) is 12.4. The minimum Gasteiger partial charge on any atom is -0.326 e. The zero-order chi connectivity index (χ0) is 17.8. The number of aryl methyl sites for hydroxylation is 1. The quantitative estimate of drug-likeness (QED) is 0.828. The van der Waals surface area contributed by atoms with Gasteiger partial charge in [0.15, 0.2) is 0 Å². The highest BCUT2D eigenvalue weighted by Gasteiger charge is 2.23. The number of amides is 1. The summed E-state index contributed by atoms with van der Waals surface area (Å²) in [7, 11) is -3.54. The minimum absolute atomic E-state index is 0.0904. The van der Waals surface area contributed by atoms with E-state index in [1.165, 1.54) is 4.31 Å². The molecule has 0 saturated carbocycles. The molecular formula is C17H28N2O3S. The van der Waals surface area contributed by atoms with Crippen LogP contribution in [0.5, 0.6) is 0 Å². The smallest absolute Gasteiger partial charge is 0.243 e. The van der Waals surface area contributed by atoms with Gasteiger partial charge in [-0.15, -0.1) is 0 Å². The van der Waals surface area contributed by atoms with Crippen molar-refractivity contribution in [3.05, 3.63) is 23.3 Å². The SMILES string of the molecule is CCC(C)C(=O)Nc1cc(S(=O)(=O)N(CC)CC)cc(C)c1C. The van der Waals surface area contributed by atoms with Gasteiger partial charge in [0.25, 0.3) is 0 Å². The topological polar surface area (TPSA) is 66.5 Å². The molecule has 1 atom stereocenters. The van der Waals surface area contributed by atoms with E-state index in [0.29, 0.717) is 18.8 Å². The zero-order valence-corrected chi connectivity index (χ0v) is 15.8. The maximum absolute atomic E-state index is 12.7. The van der Waals surface area contributed by atoms with Crippen LogP contribution < -0.4 is 5.32 Å². The van der Waals surface area contributed by atoms with Crippen molar-refractivity contribution in [1.29, 1.82) is 0 Å². The van der Waals surface area contributed by atoms with E-state index in [1.807, 2.05) is 41.5 Å². The van der Waals surface area contributed by atoms with Crippen LogP contribution in [-0.2, 0) is 14.8 Å². The molecule has 1 aromatic rings. The molecule has 0 aliphatic carbocycles. The molecule has 0 radical (unpaired) electrons. The van der Waals surface area contributed by atoms with Crippen molar-refractivity contribution in [2.24, 2.45) is 5.92 Å². The normalized spacial score (nSPS) is 13.2. The summed E-state index contributed by atoms with van der Waals surface area (Å²) in [6.07, 6.45) is 0.737. The lowest BCUT2D eigenvalue weighted by atomic mass is 10.1. The lowest BCUT2D eigenvalue weighted by Crippen LogP contribution is -2.31. The molecule has 5 nitrogen and oxygen atoms in total.